The highest BCUT2D eigenvalue weighted by Gasteiger charge is 2.08. The fraction of sp³-hybridized carbons (Fsp3) is 0.0500. The molecule has 0 aliphatic rings. The molecule has 0 atom stereocenters. The smallest absolute Gasteiger partial charge is 0.337 e. The molecule has 0 spiro atoms. The van der Waals surface area contributed by atoms with E-state index in [1.165, 1.54) is 7.11 Å². The van der Waals surface area contributed by atoms with Crippen LogP contribution in [0.3, 0.4) is 0 Å². The summed E-state index contributed by atoms with van der Waals surface area (Å²) in [6.45, 7) is 0. The molecular weight excluding hydrogens is 288 g/mol. The van der Waals surface area contributed by atoms with E-state index in [0.29, 0.717) is 5.56 Å². The minimum Gasteiger partial charge on any atom is -0.507 e. The standard InChI is InChI=1S/C20H16O3/c1-23-20(22)16-9-7-14(8-10-16)17-11-12-18(19(21)13-17)15-5-3-2-4-6-15/h2-13,21H,1H3. The molecule has 3 nitrogen and oxygen atoms in total. The van der Waals surface area contributed by atoms with Gasteiger partial charge in [0.05, 0.1) is 12.7 Å². The Morgan fingerprint density at radius 3 is 2.09 bits per heavy atom. The molecule has 114 valence electrons. The first-order chi connectivity index (χ1) is 11.2. The van der Waals surface area contributed by atoms with Crippen molar-refractivity contribution in [3.05, 3.63) is 78.4 Å². The topological polar surface area (TPSA) is 46.5 Å². The lowest BCUT2D eigenvalue weighted by Crippen LogP contribution is -2.00. The molecule has 3 heteroatoms. The van der Waals surface area contributed by atoms with Crippen LogP contribution in [0.4, 0.5) is 0 Å². The largest absolute Gasteiger partial charge is 0.507 e. The Labute approximate surface area is 134 Å². The molecule has 0 saturated carbocycles. The van der Waals surface area contributed by atoms with Crippen molar-refractivity contribution in [2.75, 3.05) is 7.11 Å². The molecule has 3 rings (SSSR count). The number of hydrogen-bond acceptors (Lipinski definition) is 3. The van der Waals surface area contributed by atoms with E-state index in [9.17, 15) is 9.90 Å². The lowest BCUT2D eigenvalue weighted by Gasteiger charge is -2.08. The summed E-state index contributed by atoms with van der Waals surface area (Å²) in [5.41, 5.74) is 4.07. The Kier molecular flexibility index (Phi) is 4.11. The zero-order valence-electron chi connectivity index (χ0n) is 12.7. The number of phenols is 1. The van der Waals surface area contributed by atoms with E-state index in [-0.39, 0.29) is 11.7 Å². The van der Waals surface area contributed by atoms with Gasteiger partial charge in [-0.1, -0.05) is 54.6 Å². The number of ether oxygens (including phenoxy) is 1. The number of aromatic hydroxyl groups is 1. The summed E-state index contributed by atoms with van der Waals surface area (Å²) in [5.74, 6) is -0.135. The molecule has 0 radical (unpaired) electrons. The van der Waals surface area contributed by atoms with Crippen molar-refractivity contribution < 1.29 is 14.6 Å². The normalized spacial score (nSPS) is 10.3. The Balaban J connectivity index is 1.93. The number of phenolic OH excluding ortho intramolecular Hbond substituents is 1. The summed E-state index contributed by atoms with van der Waals surface area (Å²) in [6.07, 6.45) is 0. The van der Waals surface area contributed by atoms with E-state index in [2.05, 4.69) is 4.74 Å². The third-order valence-electron chi connectivity index (χ3n) is 3.72. The van der Waals surface area contributed by atoms with E-state index in [0.717, 1.165) is 22.3 Å². The Bertz CT molecular complexity index is 821. The average molecular weight is 304 g/mol. The lowest BCUT2D eigenvalue weighted by molar-refractivity contribution is 0.0601. The summed E-state index contributed by atoms with van der Waals surface area (Å²) in [7, 11) is 1.36. The number of methoxy groups -OCH3 is 1. The van der Waals surface area contributed by atoms with Gasteiger partial charge < -0.3 is 9.84 Å². The summed E-state index contributed by atoms with van der Waals surface area (Å²) >= 11 is 0. The molecule has 1 N–H and O–H groups in total. The van der Waals surface area contributed by atoms with Crippen molar-refractivity contribution in [3.63, 3.8) is 0 Å². The van der Waals surface area contributed by atoms with Crippen molar-refractivity contribution >= 4 is 5.97 Å². The minimum absolute atomic E-state index is 0.228. The molecule has 0 unspecified atom stereocenters. The second-order valence-electron chi connectivity index (χ2n) is 5.17. The second kappa shape index (κ2) is 6.36. The Morgan fingerprint density at radius 1 is 0.826 bits per heavy atom. The van der Waals surface area contributed by atoms with Crippen LogP contribution in [0.25, 0.3) is 22.3 Å². The molecular formula is C20H16O3. The predicted molar refractivity (Wildman–Crippen MR) is 90.3 cm³/mol. The number of rotatable bonds is 3. The number of benzene rings is 3. The van der Waals surface area contributed by atoms with Gasteiger partial charge in [-0.3, -0.25) is 0 Å². The van der Waals surface area contributed by atoms with Gasteiger partial charge in [-0.15, -0.1) is 0 Å². The summed E-state index contributed by atoms with van der Waals surface area (Å²) in [6, 6.07) is 22.4. The molecule has 3 aromatic rings. The minimum atomic E-state index is -0.362. The van der Waals surface area contributed by atoms with Gasteiger partial charge in [0, 0.05) is 5.56 Å². The molecule has 0 aromatic heterocycles. The van der Waals surface area contributed by atoms with Gasteiger partial charge in [0.2, 0.25) is 0 Å². The summed E-state index contributed by atoms with van der Waals surface area (Å²) in [5, 5.41) is 10.3. The van der Waals surface area contributed by atoms with Crippen LogP contribution in [0.5, 0.6) is 5.75 Å². The van der Waals surface area contributed by atoms with Crippen molar-refractivity contribution in [2.24, 2.45) is 0 Å². The first-order valence-electron chi connectivity index (χ1n) is 7.26. The quantitative estimate of drug-likeness (QED) is 0.724. The summed E-state index contributed by atoms with van der Waals surface area (Å²) < 4.78 is 4.69. The highest BCUT2D eigenvalue weighted by atomic mass is 16.5. The molecule has 0 heterocycles. The second-order valence-corrected chi connectivity index (χ2v) is 5.17. The van der Waals surface area contributed by atoms with E-state index >= 15 is 0 Å². The Hall–Kier alpha value is -3.07. The fourth-order valence-corrected chi connectivity index (χ4v) is 2.49. The number of esters is 1. The van der Waals surface area contributed by atoms with Gasteiger partial charge in [0.25, 0.3) is 0 Å². The zero-order valence-corrected chi connectivity index (χ0v) is 12.7. The van der Waals surface area contributed by atoms with Crippen molar-refractivity contribution in [2.45, 2.75) is 0 Å². The maximum atomic E-state index is 11.5. The van der Waals surface area contributed by atoms with Crippen LogP contribution in [0, 0.1) is 0 Å². The highest BCUT2D eigenvalue weighted by Crippen LogP contribution is 2.33. The SMILES string of the molecule is COC(=O)c1ccc(-c2ccc(-c3ccccc3)c(O)c2)cc1. The van der Waals surface area contributed by atoms with E-state index < -0.39 is 0 Å². The molecule has 3 aromatic carbocycles. The van der Waals surface area contributed by atoms with Crippen LogP contribution in [0.2, 0.25) is 0 Å². The van der Waals surface area contributed by atoms with Crippen LogP contribution in [-0.2, 0) is 4.74 Å². The molecule has 0 amide bonds. The molecule has 0 bridgehead atoms. The molecule has 0 fully saturated rings. The van der Waals surface area contributed by atoms with Gasteiger partial charge in [-0.05, 0) is 34.9 Å². The highest BCUT2D eigenvalue weighted by molar-refractivity contribution is 5.90. The number of carbonyl (C=O) groups excluding carboxylic acids is 1. The first-order valence-corrected chi connectivity index (χ1v) is 7.26. The maximum absolute atomic E-state index is 11.5. The van der Waals surface area contributed by atoms with Gasteiger partial charge in [-0.2, -0.15) is 0 Å². The average Bonchev–Trinajstić information content (AvgIpc) is 2.62. The van der Waals surface area contributed by atoms with Gasteiger partial charge in [0.15, 0.2) is 0 Å². The molecule has 0 aliphatic carbocycles. The molecule has 0 aliphatic heterocycles. The monoisotopic (exact) mass is 304 g/mol. The van der Waals surface area contributed by atoms with E-state index in [4.69, 9.17) is 0 Å². The van der Waals surface area contributed by atoms with Crippen LogP contribution in [0.1, 0.15) is 10.4 Å². The Morgan fingerprint density at radius 2 is 1.48 bits per heavy atom. The predicted octanol–water partition coefficient (Wildman–Crippen LogP) is 4.51. The van der Waals surface area contributed by atoms with Gasteiger partial charge in [0.1, 0.15) is 5.75 Å². The zero-order chi connectivity index (χ0) is 16.2. The first kappa shape index (κ1) is 14.9. The van der Waals surface area contributed by atoms with Crippen molar-refractivity contribution in [3.8, 4) is 28.0 Å². The van der Waals surface area contributed by atoms with Crippen LogP contribution in [0.15, 0.2) is 72.8 Å². The fourth-order valence-electron chi connectivity index (χ4n) is 2.49. The number of hydrogen-bond donors (Lipinski definition) is 1. The summed E-state index contributed by atoms with van der Waals surface area (Å²) in [4.78, 5) is 11.5. The van der Waals surface area contributed by atoms with E-state index in [1.54, 1.807) is 18.2 Å². The van der Waals surface area contributed by atoms with Gasteiger partial charge in [-0.25, -0.2) is 4.79 Å². The van der Waals surface area contributed by atoms with Crippen LogP contribution < -0.4 is 0 Å². The third kappa shape index (κ3) is 3.09. The van der Waals surface area contributed by atoms with Crippen LogP contribution in [-0.4, -0.2) is 18.2 Å². The van der Waals surface area contributed by atoms with Crippen LogP contribution >= 0.6 is 0 Å². The maximum Gasteiger partial charge on any atom is 0.337 e. The van der Waals surface area contributed by atoms with Crippen molar-refractivity contribution in [1.82, 2.24) is 0 Å². The van der Waals surface area contributed by atoms with Gasteiger partial charge >= 0.3 is 5.97 Å². The third-order valence-corrected chi connectivity index (χ3v) is 3.72. The lowest BCUT2D eigenvalue weighted by atomic mass is 9.98. The van der Waals surface area contributed by atoms with E-state index in [1.807, 2.05) is 54.6 Å². The molecule has 23 heavy (non-hydrogen) atoms. The molecule has 0 saturated heterocycles. The number of carbonyl (C=O) groups is 1. The van der Waals surface area contributed by atoms with Crippen molar-refractivity contribution in [1.29, 1.82) is 0 Å².